The number of nitrogens with two attached hydrogens (primary N) is 1. The number of aryl methyl sites for hydroxylation is 2. The zero-order chi connectivity index (χ0) is 13.1. The van der Waals surface area contributed by atoms with Crippen molar-refractivity contribution in [1.29, 1.82) is 5.26 Å². The molecule has 92 valence electrons. The fourth-order valence-electron chi connectivity index (χ4n) is 1.71. The van der Waals surface area contributed by atoms with Gasteiger partial charge in [-0.1, -0.05) is 5.16 Å². The van der Waals surface area contributed by atoms with Crippen LogP contribution in [0.2, 0.25) is 0 Å². The van der Waals surface area contributed by atoms with Gasteiger partial charge < -0.3 is 15.6 Å². The summed E-state index contributed by atoms with van der Waals surface area (Å²) in [6.07, 6.45) is 0. The monoisotopic (exact) mass is 242 g/mol. The van der Waals surface area contributed by atoms with Gasteiger partial charge in [0.05, 0.1) is 11.3 Å². The number of nitrogen functional groups attached to an aromatic ring is 1. The van der Waals surface area contributed by atoms with Gasteiger partial charge in [-0.3, -0.25) is 0 Å². The van der Waals surface area contributed by atoms with Crippen molar-refractivity contribution in [1.82, 2.24) is 5.16 Å². The van der Waals surface area contributed by atoms with Gasteiger partial charge in [-0.05, 0) is 32.0 Å². The highest BCUT2D eigenvalue weighted by molar-refractivity contribution is 5.61. The molecule has 5 heteroatoms. The van der Waals surface area contributed by atoms with Crippen molar-refractivity contribution in [2.45, 2.75) is 20.4 Å². The molecule has 2 rings (SSSR count). The Bertz CT molecular complexity index is 590. The number of hydrogen-bond acceptors (Lipinski definition) is 5. The minimum absolute atomic E-state index is 0.471. The van der Waals surface area contributed by atoms with Crippen molar-refractivity contribution in [2.24, 2.45) is 0 Å². The Morgan fingerprint density at radius 3 is 2.83 bits per heavy atom. The van der Waals surface area contributed by atoms with E-state index in [1.54, 1.807) is 12.1 Å². The number of anilines is 2. The standard InChI is InChI=1S/C13H14N4O/c1-8-12(9(2)18-17-8)7-16-11-3-4-13(15)10(5-11)6-14/h3-5,16H,7,15H2,1-2H3. The van der Waals surface area contributed by atoms with Gasteiger partial charge in [-0.2, -0.15) is 5.26 Å². The summed E-state index contributed by atoms with van der Waals surface area (Å²) in [6.45, 7) is 4.38. The Balaban J connectivity index is 2.14. The van der Waals surface area contributed by atoms with Crippen molar-refractivity contribution in [3.8, 4) is 6.07 Å². The predicted molar refractivity (Wildman–Crippen MR) is 68.9 cm³/mol. The molecule has 2 aromatic rings. The van der Waals surface area contributed by atoms with Crippen LogP contribution in [0.25, 0.3) is 0 Å². The molecule has 0 saturated heterocycles. The van der Waals surface area contributed by atoms with E-state index in [-0.39, 0.29) is 0 Å². The van der Waals surface area contributed by atoms with E-state index >= 15 is 0 Å². The second kappa shape index (κ2) is 4.80. The van der Waals surface area contributed by atoms with Crippen LogP contribution < -0.4 is 11.1 Å². The molecule has 0 bridgehead atoms. The van der Waals surface area contributed by atoms with Crippen LogP contribution in [-0.4, -0.2) is 5.16 Å². The van der Waals surface area contributed by atoms with E-state index in [4.69, 9.17) is 15.5 Å². The van der Waals surface area contributed by atoms with Crippen molar-refractivity contribution < 1.29 is 4.52 Å². The SMILES string of the molecule is Cc1noc(C)c1CNc1ccc(N)c(C#N)c1. The molecule has 1 aromatic heterocycles. The molecule has 1 aromatic carbocycles. The zero-order valence-corrected chi connectivity index (χ0v) is 10.3. The van der Waals surface area contributed by atoms with E-state index in [1.807, 2.05) is 19.9 Å². The Labute approximate surface area is 105 Å². The molecule has 0 unspecified atom stereocenters. The van der Waals surface area contributed by atoms with Crippen LogP contribution in [-0.2, 0) is 6.54 Å². The van der Waals surface area contributed by atoms with Gasteiger partial charge in [0.15, 0.2) is 0 Å². The maximum atomic E-state index is 8.90. The van der Waals surface area contributed by atoms with Crippen molar-refractivity contribution in [2.75, 3.05) is 11.1 Å². The average molecular weight is 242 g/mol. The lowest BCUT2D eigenvalue weighted by Crippen LogP contribution is -2.02. The number of nitrogens with one attached hydrogen (secondary N) is 1. The zero-order valence-electron chi connectivity index (χ0n) is 10.3. The average Bonchev–Trinajstić information content (AvgIpc) is 2.68. The number of nitriles is 1. The molecule has 0 amide bonds. The quantitative estimate of drug-likeness (QED) is 0.806. The van der Waals surface area contributed by atoms with Crippen LogP contribution in [0.5, 0.6) is 0 Å². The lowest BCUT2D eigenvalue weighted by molar-refractivity contribution is 0.392. The molecule has 1 heterocycles. The normalized spacial score (nSPS) is 10.1. The molecule has 3 N–H and O–H groups in total. The van der Waals surface area contributed by atoms with Crippen LogP contribution in [0.3, 0.4) is 0 Å². The number of aromatic nitrogens is 1. The summed E-state index contributed by atoms with van der Waals surface area (Å²) in [5.74, 6) is 0.802. The fourth-order valence-corrected chi connectivity index (χ4v) is 1.71. The topological polar surface area (TPSA) is 87.9 Å². The number of rotatable bonds is 3. The summed E-state index contributed by atoms with van der Waals surface area (Å²) in [5, 5.41) is 16.0. The van der Waals surface area contributed by atoms with E-state index in [2.05, 4.69) is 16.5 Å². The number of hydrogen-bond donors (Lipinski definition) is 2. The molecular weight excluding hydrogens is 228 g/mol. The van der Waals surface area contributed by atoms with E-state index in [0.29, 0.717) is 17.8 Å². The van der Waals surface area contributed by atoms with Gasteiger partial charge >= 0.3 is 0 Å². The van der Waals surface area contributed by atoms with Crippen LogP contribution >= 0.6 is 0 Å². The molecule has 0 aliphatic rings. The fraction of sp³-hybridized carbons (Fsp3) is 0.231. The maximum Gasteiger partial charge on any atom is 0.138 e. The summed E-state index contributed by atoms with van der Waals surface area (Å²) in [6, 6.07) is 7.34. The Morgan fingerprint density at radius 2 is 2.22 bits per heavy atom. The molecule has 0 saturated carbocycles. The Hall–Kier alpha value is -2.48. The Morgan fingerprint density at radius 1 is 1.44 bits per heavy atom. The minimum atomic E-state index is 0.471. The third-order valence-corrected chi connectivity index (χ3v) is 2.82. The molecular formula is C13H14N4O. The summed E-state index contributed by atoms with van der Waals surface area (Å²) < 4.78 is 5.09. The molecule has 0 atom stereocenters. The lowest BCUT2D eigenvalue weighted by Gasteiger charge is -2.07. The highest BCUT2D eigenvalue weighted by atomic mass is 16.5. The van der Waals surface area contributed by atoms with Crippen LogP contribution in [0.15, 0.2) is 22.7 Å². The summed E-state index contributed by atoms with van der Waals surface area (Å²) >= 11 is 0. The minimum Gasteiger partial charge on any atom is -0.398 e. The molecule has 0 spiro atoms. The lowest BCUT2D eigenvalue weighted by atomic mass is 10.1. The van der Waals surface area contributed by atoms with Crippen LogP contribution in [0, 0.1) is 25.2 Å². The molecule has 0 radical (unpaired) electrons. The molecule has 18 heavy (non-hydrogen) atoms. The molecule has 0 aliphatic heterocycles. The first kappa shape index (κ1) is 12.0. The van der Waals surface area contributed by atoms with E-state index in [1.165, 1.54) is 0 Å². The van der Waals surface area contributed by atoms with Gasteiger partial charge in [0.25, 0.3) is 0 Å². The predicted octanol–water partition coefficient (Wildman–Crippen LogP) is 2.36. The third-order valence-electron chi connectivity index (χ3n) is 2.82. The molecule has 0 fully saturated rings. The van der Waals surface area contributed by atoms with Gasteiger partial charge in [0, 0.05) is 23.5 Å². The summed E-state index contributed by atoms with van der Waals surface area (Å²) in [4.78, 5) is 0. The summed E-state index contributed by atoms with van der Waals surface area (Å²) in [5.41, 5.74) is 9.37. The van der Waals surface area contributed by atoms with Gasteiger partial charge in [-0.25, -0.2) is 0 Å². The van der Waals surface area contributed by atoms with Crippen LogP contribution in [0.4, 0.5) is 11.4 Å². The van der Waals surface area contributed by atoms with Gasteiger partial charge in [-0.15, -0.1) is 0 Å². The number of benzene rings is 1. The summed E-state index contributed by atoms with van der Waals surface area (Å²) in [7, 11) is 0. The Kier molecular flexibility index (Phi) is 3.20. The van der Waals surface area contributed by atoms with Crippen molar-refractivity contribution in [3.63, 3.8) is 0 Å². The maximum absolute atomic E-state index is 8.90. The first-order valence-electron chi connectivity index (χ1n) is 5.57. The van der Waals surface area contributed by atoms with Gasteiger partial charge in [0.2, 0.25) is 0 Å². The first-order chi connectivity index (χ1) is 8.61. The van der Waals surface area contributed by atoms with Crippen molar-refractivity contribution in [3.05, 3.63) is 40.8 Å². The highest BCUT2D eigenvalue weighted by Gasteiger charge is 2.08. The van der Waals surface area contributed by atoms with Gasteiger partial charge in [0.1, 0.15) is 11.8 Å². The molecule has 5 nitrogen and oxygen atoms in total. The van der Waals surface area contributed by atoms with E-state index in [9.17, 15) is 0 Å². The third kappa shape index (κ3) is 2.28. The largest absolute Gasteiger partial charge is 0.398 e. The number of nitrogens with zero attached hydrogens (tertiary/aromatic N) is 2. The van der Waals surface area contributed by atoms with E-state index < -0.39 is 0 Å². The van der Waals surface area contributed by atoms with Crippen molar-refractivity contribution >= 4 is 11.4 Å². The first-order valence-corrected chi connectivity index (χ1v) is 5.57. The smallest absolute Gasteiger partial charge is 0.138 e. The second-order valence-corrected chi connectivity index (χ2v) is 4.07. The van der Waals surface area contributed by atoms with Crippen LogP contribution in [0.1, 0.15) is 22.6 Å². The highest BCUT2D eigenvalue weighted by Crippen LogP contribution is 2.19. The second-order valence-electron chi connectivity index (χ2n) is 4.07. The molecule has 0 aliphatic carbocycles. The van der Waals surface area contributed by atoms with E-state index in [0.717, 1.165) is 22.7 Å².